The van der Waals surface area contributed by atoms with Crippen LogP contribution in [0.2, 0.25) is 5.02 Å². The number of piperazine rings is 2. The minimum Gasteiger partial charge on any atom is -0.345 e. The van der Waals surface area contributed by atoms with E-state index in [1.165, 1.54) is 32.1 Å². The van der Waals surface area contributed by atoms with Crippen molar-refractivity contribution in [2.75, 3.05) is 62.2 Å². The molecule has 0 atom stereocenters. The van der Waals surface area contributed by atoms with E-state index in [1.807, 2.05) is 37.3 Å². The van der Waals surface area contributed by atoms with E-state index in [0.717, 1.165) is 40.1 Å². The van der Waals surface area contributed by atoms with Crippen molar-refractivity contribution in [1.82, 2.24) is 18.6 Å². The Morgan fingerprint density at radius 1 is 0.559 bits per heavy atom. The summed E-state index contributed by atoms with van der Waals surface area (Å²) in [6.45, 7) is 12.8. The molecular weight excluding hydrogens is 840 g/mol. The topological polar surface area (TPSA) is 107 Å². The van der Waals surface area contributed by atoms with Crippen LogP contribution in [0.5, 0.6) is 0 Å². The molecule has 0 saturated carbocycles. The van der Waals surface area contributed by atoms with Gasteiger partial charge in [-0.25, -0.2) is 26.8 Å². The molecule has 2 fully saturated rings. The normalized spacial score (nSPS) is 15.5. The van der Waals surface area contributed by atoms with Crippen molar-refractivity contribution < 1.29 is 16.8 Å². The van der Waals surface area contributed by atoms with Crippen molar-refractivity contribution in [3.8, 4) is 0 Å². The van der Waals surface area contributed by atoms with Crippen LogP contribution in [0.1, 0.15) is 44.8 Å². The van der Waals surface area contributed by atoms with Gasteiger partial charge in [0.05, 0.1) is 21.2 Å². The lowest BCUT2D eigenvalue weighted by molar-refractivity contribution is 0.384. The van der Waals surface area contributed by atoms with Crippen molar-refractivity contribution in [1.29, 1.82) is 0 Å². The minimum absolute atomic E-state index is 0.282. The van der Waals surface area contributed by atoms with Gasteiger partial charge in [0.25, 0.3) is 0 Å². The predicted molar refractivity (Wildman–Crippen MR) is 242 cm³/mol. The Bertz CT molecular complexity index is 2540. The molecule has 0 N–H and O–H groups in total. The highest BCUT2D eigenvalue weighted by molar-refractivity contribution is 7.89. The lowest BCUT2D eigenvalue weighted by Gasteiger charge is -2.33. The van der Waals surface area contributed by atoms with E-state index in [1.54, 1.807) is 63.4 Å². The van der Waals surface area contributed by atoms with Gasteiger partial charge in [0.1, 0.15) is 0 Å². The largest absolute Gasteiger partial charge is 0.345 e. The number of benzene rings is 4. The van der Waals surface area contributed by atoms with Crippen molar-refractivity contribution >= 4 is 64.6 Å². The van der Waals surface area contributed by atoms with E-state index < -0.39 is 20.0 Å². The van der Waals surface area contributed by atoms with Gasteiger partial charge in [-0.15, -0.1) is 22.7 Å². The van der Waals surface area contributed by atoms with Gasteiger partial charge in [0.15, 0.2) is 10.3 Å². The maximum Gasteiger partial charge on any atom is 0.243 e. The molecule has 0 bridgehead atoms. The molecule has 0 spiro atoms. The van der Waals surface area contributed by atoms with Crippen LogP contribution in [0, 0.1) is 27.7 Å². The average molecular weight is 890 g/mol. The smallest absolute Gasteiger partial charge is 0.243 e. The van der Waals surface area contributed by atoms with Gasteiger partial charge in [0.2, 0.25) is 20.0 Å². The SMILES string of the molecule is Cc1ccc(S(=O)(=O)N2CCN(c3nc(Cc4c(C)cc(C)cc4C)cs3)CC2)cc1.O=S(=O)(c1ccc(Cl)cc1)N1CCN(c2nc(Cc3ccccc3)cs2)CC1. The Morgan fingerprint density at radius 2 is 1.00 bits per heavy atom. The third-order valence-corrected chi connectivity index (χ3v) is 16.6. The van der Waals surface area contributed by atoms with Crippen molar-refractivity contribution in [2.45, 2.75) is 50.3 Å². The number of aromatic nitrogens is 2. The molecule has 0 radical (unpaired) electrons. The molecule has 0 amide bonds. The number of thiazole rings is 2. The molecule has 2 aliphatic rings. The number of anilines is 2. The lowest BCUT2D eigenvalue weighted by atomic mass is 9.96. The van der Waals surface area contributed by atoms with E-state index in [4.69, 9.17) is 21.6 Å². The first-order chi connectivity index (χ1) is 28.3. The van der Waals surface area contributed by atoms with Crippen molar-refractivity contribution in [2.24, 2.45) is 0 Å². The molecule has 6 aromatic rings. The van der Waals surface area contributed by atoms with Gasteiger partial charge < -0.3 is 9.80 Å². The van der Waals surface area contributed by atoms with Gasteiger partial charge in [-0.3, -0.25) is 0 Å². The van der Waals surface area contributed by atoms with E-state index >= 15 is 0 Å². The molecule has 0 unspecified atom stereocenters. The zero-order chi connectivity index (χ0) is 41.7. The summed E-state index contributed by atoms with van der Waals surface area (Å²) >= 11 is 9.12. The minimum atomic E-state index is -3.49. The fraction of sp³-hybridized carbons (Fsp3) is 0.318. The summed E-state index contributed by atoms with van der Waals surface area (Å²) in [5, 5.41) is 6.67. The van der Waals surface area contributed by atoms with Gasteiger partial charge in [-0.2, -0.15) is 8.61 Å². The van der Waals surface area contributed by atoms with Gasteiger partial charge in [-0.05, 0) is 86.3 Å². The summed E-state index contributed by atoms with van der Waals surface area (Å²) in [5.41, 5.74) is 9.65. The molecule has 4 heterocycles. The number of hydrogen-bond donors (Lipinski definition) is 0. The summed E-state index contributed by atoms with van der Waals surface area (Å²) in [6, 6.07) is 28.1. The molecule has 15 heteroatoms. The van der Waals surface area contributed by atoms with Crippen LogP contribution in [0.4, 0.5) is 10.3 Å². The van der Waals surface area contributed by atoms with Crippen molar-refractivity contribution in [3.63, 3.8) is 0 Å². The monoisotopic (exact) mass is 888 g/mol. The van der Waals surface area contributed by atoms with E-state index in [0.29, 0.717) is 62.3 Å². The Balaban J connectivity index is 0.000000180. The zero-order valence-corrected chi connectivity index (χ0v) is 37.7. The Kier molecular flexibility index (Phi) is 13.6. The van der Waals surface area contributed by atoms with Gasteiger partial charge >= 0.3 is 0 Å². The molecule has 59 heavy (non-hydrogen) atoms. The maximum absolute atomic E-state index is 12.9. The molecule has 0 aliphatic carbocycles. The van der Waals surface area contributed by atoms with Crippen LogP contribution in [0.25, 0.3) is 0 Å². The molecule has 4 aromatic carbocycles. The number of halogens is 1. The highest BCUT2D eigenvalue weighted by Crippen LogP contribution is 2.28. The average Bonchev–Trinajstić information content (AvgIpc) is 3.91. The third-order valence-electron chi connectivity index (χ3n) is 10.6. The second-order valence-corrected chi connectivity index (χ2v) is 21.0. The highest BCUT2D eigenvalue weighted by Gasteiger charge is 2.31. The van der Waals surface area contributed by atoms with Crippen LogP contribution in [-0.4, -0.2) is 87.8 Å². The molecule has 8 rings (SSSR count). The van der Waals surface area contributed by atoms with Crippen LogP contribution >= 0.6 is 34.3 Å². The van der Waals surface area contributed by atoms with Gasteiger partial charge in [-0.1, -0.05) is 77.3 Å². The van der Waals surface area contributed by atoms with Crippen molar-refractivity contribution in [3.05, 3.63) is 152 Å². The zero-order valence-electron chi connectivity index (χ0n) is 33.7. The number of sulfonamides is 2. The lowest BCUT2D eigenvalue weighted by Crippen LogP contribution is -2.48. The number of nitrogens with zero attached hydrogens (tertiary/aromatic N) is 6. The number of rotatable bonds is 10. The molecular formula is C44H49ClN6O4S4. The van der Waals surface area contributed by atoms with Crippen LogP contribution < -0.4 is 9.80 Å². The summed E-state index contributed by atoms with van der Waals surface area (Å²) in [5.74, 6) is 0. The van der Waals surface area contributed by atoms with Crippen LogP contribution in [-0.2, 0) is 32.9 Å². The molecule has 2 aliphatic heterocycles. The van der Waals surface area contributed by atoms with Gasteiger partial charge in [0, 0.05) is 81.0 Å². The standard InChI is InChI=1S/C24H29N3O2S2.C20H20ClN3O2S2/c1-17-5-7-22(8-6-17)31(28,29)27-11-9-26(10-12-27)24-25-21(16-30-24)15-23-19(3)13-18(2)14-20(23)4;21-17-6-8-19(9-7-17)28(25,26)24-12-10-23(11-13-24)20-22-18(15-27-20)14-16-4-2-1-3-5-16/h5-8,13-14,16H,9-12,15H2,1-4H3;1-9,15H,10-14H2. The van der Waals surface area contributed by atoms with E-state index in [-0.39, 0.29) is 4.90 Å². The van der Waals surface area contributed by atoms with Crippen LogP contribution in [0.3, 0.4) is 0 Å². The first-order valence-electron chi connectivity index (χ1n) is 19.6. The molecule has 10 nitrogen and oxygen atoms in total. The quantitative estimate of drug-likeness (QED) is 0.135. The Labute approximate surface area is 361 Å². The third kappa shape index (κ3) is 10.4. The van der Waals surface area contributed by atoms with Crippen LogP contribution in [0.15, 0.2) is 112 Å². The molecule has 310 valence electrons. The maximum atomic E-state index is 12.9. The van der Waals surface area contributed by atoms with E-state index in [9.17, 15) is 16.8 Å². The summed E-state index contributed by atoms with van der Waals surface area (Å²) in [4.78, 5) is 14.6. The number of aryl methyl sites for hydroxylation is 4. The Hall–Kier alpha value is -4.15. The second-order valence-electron chi connectivity index (χ2n) is 15.0. The molecule has 2 saturated heterocycles. The first-order valence-corrected chi connectivity index (χ1v) is 24.6. The second kappa shape index (κ2) is 18.6. The highest BCUT2D eigenvalue weighted by atomic mass is 35.5. The summed E-state index contributed by atoms with van der Waals surface area (Å²) < 4.78 is 54.6. The van der Waals surface area contributed by atoms with E-state index in [2.05, 4.69) is 65.6 Å². The molecule has 2 aromatic heterocycles. The fourth-order valence-electron chi connectivity index (χ4n) is 7.37. The summed E-state index contributed by atoms with van der Waals surface area (Å²) in [6.07, 6.45) is 1.64. The first kappa shape index (κ1) is 43.0. The fourth-order valence-corrected chi connectivity index (χ4v) is 12.1. The summed E-state index contributed by atoms with van der Waals surface area (Å²) in [7, 11) is -6.93. The number of hydrogen-bond acceptors (Lipinski definition) is 10. The predicted octanol–water partition coefficient (Wildman–Crippen LogP) is 8.38. The Morgan fingerprint density at radius 3 is 1.47 bits per heavy atom.